The third-order valence-electron chi connectivity index (χ3n) is 11.9. The molecule has 0 radical (unpaired) electrons. The van der Waals surface area contributed by atoms with E-state index >= 15 is 0 Å². The molecule has 0 atom stereocenters. The van der Waals surface area contributed by atoms with Crippen LogP contribution in [0.4, 0.5) is 0 Å². The predicted octanol–water partition coefficient (Wildman–Crippen LogP) is 16.4. The van der Waals surface area contributed by atoms with Crippen molar-refractivity contribution in [3.8, 4) is 44.5 Å². The minimum absolute atomic E-state index is 1.06. The highest BCUT2D eigenvalue weighted by Gasteiger charge is 2.22. The maximum Gasteiger partial charge on any atom is 0.0540 e. The molecule has 0 spiro atoms. The van der Waals surface area contributed by atoms with Crippen LogP contribution in [0.5, 0.6) is 0 Å². The van der Waals surface area contributed by atoms with Crippen LogP contribution in [0.2, 0.25) is 0 Å². The first kappa shape index (κ1) is 32.0. The Bertz CT molecular complexity index is 3400. The average molecular weight is 747 g/mol. The summed E-state index contributed by atoms with van der Waals surface area (Å²) in [5.74, 6) is 0. The molecule has 0 aliphatic heterocycles. The highest BCUT2D eigenvalue weighted by Crippen LogP contribution is 2.51. The molecule has 11 aromatic rings. The summed E-state index contributed by atoms with van der Waals surface area (Å²) >= 11 is 3.93. The molecule has 2 heterocycles. The van der Waals surface area contributed by atoms with E-state index in [9.17, 15) is 0 Å². The normalized spacial score (nSPS) is 12.8. The van der Waals surface area contributed by atoms with Crippen molar-refractivity contribution < 1.29 is 0 Å². The molecule has 0 saturated carbocycles. The molecule has 1 aliphatic carbocycles. The molecule has 2 heteroatoms. The summed E-state index contributed by atoms with van der Waals surface area (Å²) in [5, 5.41) is 10.7. The van der Waals surface area contributed by atoms with E-state index in [0.717, 1.165) is 12.8 Å². The lowest BCUT2D eigenvalue weighted by Crippen LogP contribution is -2.00. The Labute approximate surface area is 333 Å². The lowest BCUT2D eigenvalue weighted by Gasteiger charge is -2.20. The fourth-order valence-electron chi connectivity index (χ4n) is 9.43. The first-order valence-corrected chi connectivity index (χ1v) is 21.1. The topological polar surface area (TPSA) is 0 Å². The fraction of sp³-hybridized carbons (Fsp3) is 0.0370. The Kier molecular flexibility index (Phi) is 7.20. The fourth-order valence-corrected chi connectivity index (χ4v) is 12.1. The maximum absolute atomic E-state index is 2.48. The van der Waals surface area contributed by atoms with Gasteiger partial charge in [0, 0.05) is 30.9 Å². The molecule has 0 saturated heterocycles. The third-order valence-corrected chi connectivity index (χ3v) is 14.4. The molecule has 56 heavy (non-hydrogen) atoms. The largest absolute Gasteiger partial charge is 0.134 e. The van der Waals surface area contributed by atoms with E-state index in [-0.39, 0.29) is 0 Å². The zero-order valence-electron chi connectivity index (χ0n) is 30.6. The van der Waals surface area contributed by atoms with Gasteiger partial charge in [0.15, 0.2) is 0 Å². The van der Waals surface area contributed by atoms with Gasteiger partial charge in [0.05, 0.1) is 9.40 Å². The van der Waals surface area contributed by atoms with Crippen molar-refractivity contribution >= 4 is 90.6 Å². The van der Waals surface area contributed by atoms with E-state index in [0.29, 0.717) is 0 Å². The average Bonchev–Trinajstić information content (AvgIpc) is 3.85. The van der Waals surface area contributed by atoms with Crippen LogP contribution in [0.3, 0.4) is 0 Å². The van der Waals surface area contributed by atoms with Crippen molar-refractivity contribution in [2.45, 2.75) is 12.8 Å². The third kappa shape index (κ3) is 4.83. The Morgan fingerprint density at radius 3 is 1.57 bits per heavy atom. The number of allylic oxidation sites excluding steroid dienone is 1. The SMILES string of the molecule is C1=Cc2ccc(-c3ccccc3)c(-c3ccc4c(c3)sc3c5sc6cc(-c7c(-c8ccccc8)ccc8ccccc78)ccc6c5c5ccccc5c43)c2CC1. The number of hydrogen-bond acceptors (Lipinski definition) is 2. The molecule has 0 amide bonds. The van der Waals surface area contributed by atoms with E-state index in [2.05, 4.69) is 182 Å². The standard InChI is InChI=1S/C54H34S2/c1-3-13-33(14-4-1)41-27-23-35-17-7-9-19-39(35)49(41)37-25-29-45-47(31-37)55-53-51(45)43-21-11-12-22-44(43)52-46-30-26-38(32-48(46)56-54(52)53)50-40-20-10-8-18-36(40)24-28-42(50)34-15-5-2-6-16-34/h1-9,11-19,21-32H,10,20H2. The minimum Gasteiger partial charge on any atom is -0.134 e. The highest BCUT2D eigenvalue weighted by molar-refractivity contribution is 7.33. The minimum atomic E-state index is 1.06. The van der Waals surface area contributed by atoms with Crippen molar-refractivity contribution in [3.63, 3.8) is 0 Å². The van der Waals surface area contributed by atoms with Gasteiger partial charge in [0.25, 0.3) is 0 Å². The van der Waals surface area contributed by atoms with Crippen LogP contribution in [0, 0.1) is 0 Å². The van der Waals surface area contributed by atoms with Crippen LogP contribution >= 0.6 is 22.7 Å². The molecule has 9 aromatic carbocycles. The van der Waals surface area contributed by atoms with Crippen molar-refractivity contribution in [2.24, 2.45) is 0 Å². The second kappa shape index (κ2) is 12.6. The van der Waals surface area contributed by atoms with Gasteiger partial charge in [-0.3, -0.25) is 0 Å². The quantitative estimate of drug-likeness (QED) is 0.168. The predicted molar refractivity (Wildman–Crippen MR) is 246 cm³/mol. The summed E-state index contributed by atoms with van der Waals surface area (Å²) in [7, 11) is 0. The summed E-state index contributed by atoms with van der Waals surface area (Å²) in [5.41, 5.74) is 13.1. The van der Waals surface area contributed by atoms with Gasteiger partial charge in [-0.1, -0.05) is 170 Å². The van der Waals surface area contributed by atoms with Crippen LogP contribution in [0.25, 0.3) is 112 Å². The molecule has 0 nitrogen and oxygen atoms in total. The molecule has 0 unspecified atom stereocenters. The van der Waals surface area contributed by atoms with Gasteiger partial charge in [-0.15, -0.1) is 22.7 Å². The van der Waals surface area contributed by atoms with Gasteiger partial charge in [-0.25, -0.2) is 0 Å². The van der Waals surface area contributed by atoms with Crippen LogP contribution in [-0.4, -0.2) is 0 Å². The molecular weight excluding hydrogens is 713 g/mol. The van der Waals surface area contributed by atoms with Crippen molar-refractivity contribution in [3.05, 3.63) is 187 Å². The molecule has 0 N–H and O–H groups in total. The maximum atomic E-state index is 2.48. The summed E-state index contributed by atoms with van der Waals surface area (Å²) in [4.78, 5) is 0. The zero-order valence-corrected chi connectivity index (χ0v) is 32.2. The number of rotatable bonds is 4. The highest BCUT2D eigenvalue weighted by atomic mass is 32.1. The van der Waals surface area contributed by atoms with E-state index in [1.54, 1.807) is 0 Å². The van der Waals surface area contributed by atoms with Crippen LogP contribution in [0.15, 0.2) is 176 Å². The summed E-state index contributed by atoms with van der Waals surface area (Å²) < 4.78 is 5.46. The Morgan fingerprint density at radius 1 is 0.393 bits per heavy atom. The number of fused-ring (bicyclic) bond motifs is 12. The molecule has 1 aliphatic rings. The first-order chi connectivity index (χ1) is 27.8. The molecule has 262 valence electrons. The number of hydrogen-bond donors (Lipinski definition) is 0. The Hall–Kier alpha value is -6.32. The Balaban J connectivity index is 1.11. The van der Waals surface area contributed by atoms with Gasteiger partial charge in [-0.2, -0.15) is 0 Å². The van der Waals surface area contributed by atoms with Gasteiger partial charge in [-0.05, 0) is 102 Å². The van der Waals surface area contributed by atoms with Crippen LogP contribution in [-0.2, 0) is 6.42 Å². The molecular formula is C54H34S2. The first-order valence-electron chi connectivity index (χ1n) is 19.5. The lowest BCUT2D eigenvalue weighted by atomic mass is 9.84. The molecule has 12 rings (SSSR count). The molecule has 0 bridgehead atoms. The summed E-state index contributed by atoms with van der Waals surface area (Å²) in [6.45, 7) is 0. The van der Waals surface area contributed by atoms with E-state index in [4.69, 9.17) is 0 Å². The van der Waals surface area contributed by atoms with Crippen LogP contribution < -0.4 is 0 Å². The monoisotopic (exact) mass is 746 g/mol. The van der Waals surface area contributed by atoms with E-state index in [1.807, 2.05) is 22.7 Å². The van der Waals surface area contributed by atoms with Crippen molar-refractivity contribution in [1.82, 2.24) is 0 Å². The second-order valence-electron chi connectivity index (χ2n) is 15.0. The Morgan fingerprint density at radius 2 is 0.929 bits per heavy atom. The molecule has 0 fully saturated rings. The number of thiophene rings is 2. The van der Waals surface area contributed by atoms with E-state index < -0.39 is 0 Å². The summed E-state index contributed by atoms with van der Waals surface area (Å²) in [6.07, 6.45) is 6.77. The van der Waals surface area contributed by atoms with Gasteiger partial charge < -0.3 is 0 Å². The molecule has 2 aromatic heterocycles. The smallest absolute Gasteiger partial charge is 0.0540 e. The van der Waals surface area contributed by atoms with Gasteiger partial charge >= 0.3 is 0 Å². The zero-order chi connectivity index (χ0) is 36.7. The van der Waals surface area contributed by atoms with Crippen molar-refractivity contribution in [1.29, 1.82) is 0 Å². The lowest BCUT2D eigenvalue weighted by molar-refractivity contribution is 0.988. The number of benzene rings is 9. The van der Waals surface area contributed by atoms with Gasteiger partial charge in [0.1, 0.15) is 0 Å². The second-order valence-corrected chi connectivity index (χ2v) is 17.1. The van der Waals surface area contributed by atoms with Crippen molar-refractivity contribution in [2.75, 3.05) is 0 Å². The van der Waals surface area contributed by atoms with Crippen LogP contribution in [0.1, 0.15) is 17.5 Å². The van der Waals surface area contributed by atoms with Gasteiger partial charge in [0.2, 0.25) is 0 Å². The summed E-state index contributed by atoms with van der Waals surface area (Å²) in [6, 6.07) is 63.4. The van der Waals surface area contributed by atoms with E-state index in [1.165, 1.54) is 118 Å².